The molecule has 2 aliphatic carbocycles. The van der Waals surface area contributed by atoms with Crippen LogP contribution < -0.4 is 10.6 Å². The van der Waals surface area contributed by atoms with Crippen LogP contribution in [0.15, 0.2) is 0 Å². The molecule has 1 atom stereocenters. The number of carbonyl (C=O) groups excluding carboxylic acids is 1. The zero-order valence-corrected chi connectivity index (χ0v) is 12.8. The summed E-state index contributed by atoms with van der Waals surface area (Å²) in [6, 6.07) is -0.843. The molecular formula is C16H28N2O3. The molecule has 0 aromatic carbocycles. The number of aliphatic carboxylic acids is 1. The topological polar surface area (TPSA) is 78.4 Å². The van der Waals surface area contributed by atoms with Crippen LogP contribution in [0.3, 0.4) is 0 Å². The summed E-state index contributed by atoms with van der Waals surface area (Å²) in [6.07, 6.45) is 11.9. The van der Waals surface area contributed by atoms with Crippen LogP contribution in [-0.2, 0) is 4.79 Å². The van der Waals surface area contributed by atoms with Crippen molar-refractivity contribution in [3.8, 4) is 0 Å². The number of carboxylic acid groups (broad SMARTS) is 1. The normalized spacial score (nSPS) is 23.0. The van der Waals surface area contributed by atoms with Crippen molar-refractivity contribution in [2.75, 3.05) is 0 Å². The van der Waals surface area contributed by atoms with E-state index >= 15 is 0 Å². The number of hydrogen-bond acceptors (Lipinski definition) is 2. The van der Waals surface area contributed by atoms with Crippen molar-refractivity contribution in [3.05, 3.63) is 0 Å². The van der Waals surface area contributed by atoms with Crippen molar-refractivity contribution in [1.82, 2.24) is 10.6 Å². The van der Waals surface area contributed by atoms with Crippen molar-refractivity contribution in [2.45, 2.75) is 82.7 Å². The van der Waals surface area contributed by atoms with Crippen molar-refractivity contribution in [2.24, 2.45) is 5.92 Å². The molecular weight excluding hydrogens is 268 g/mol. The van der Waals surface area contributed by atoms with Gasteiger partial charge in [0.1, 0.15) is 6.04 Å². The van der Waals surface area contributed by atoms with Crippen LogP contribution >= 0.6 is 0 Å². The van der Waals surface area contributed by atoms with Gasteiger partial charge in [0.15, 0.2) is 0 Å². The SMILES string of the molecule is O=C(NC1CCCCCC1)NC(C(=O)O)C1CCCCC1. The monoisotopic (exact) mass is 296 g/mol. The Morgan fingerprint density at radius 1 is 0.857 bits per heavy atom. The van der Waals surface area contributed by atoms with E-state index < -0.39 is 12.0 Å². The highest BCUT2D eigenvalue weighted by molar-refractivity contribution is 5.82. The average Bonchev–Trinajstić information content (AvgIpc) is 2.74. The molecule has 0 saturated heterocycles. The first-order chi connectivity index (χ1) is 10.2. The smallest absolute Gasteiger partial charge is 0.326 e. The Hall–Kier alpha value is -1.26. The van der Waals surface area contributed by atoms with Crippen LogP contribution in [0, 0.1) is 5.92 Å². The predicted octanol–water partition coefficient (Wildman–Crippen LogP) is 3.04. The van der Waals surface area contributed by atoms with Gasteiger partial charge in [0, 0.05) is 6.04 Å². The lowest BCUT2D eigenvalue weighted by molar-refractivity contribution is -0.141. The van der Waals surface area contributed by atoms with Gasteiger partial charge in [0.25, 0.3) is 0 Å². The minimum atomic E-state index is -0.905. The zero-order valence-electron chi connectivity index (χ0n) is 12.8. The van der Waals surface area contributed by atoms with Crippen LogP contribution in [0.4, 0.5) is 4.79 Å². The van der Waals surface area contributed by atoms with E-state index in [1.165, 1.54) is 19.3 Å². The van der Waals surface area contributed by atoms with Crippen molar-refractivity contribution in [1.29, 1.82) is 0 Å². The van der Waals surface area contributed by atoms with Gasteiger partial charge in [0.05, 0.1) is 0 Å². The number of rotatable bonds is 4. The average molecular weight is 296 g/mol. The fourth-order valence-electron chi connectivity index (χ4n) is 3.64. The fourth-order valence-corrected chi connectivity index (χ4v) is 3.64. The molecule has 0 aromatic rings. The van der Waals surface area contributed by atoms with Gasteiger partial charge in [-0.15, -0.1) is 0 Å². The molecule has 0 aliphatic heterocycles. The van der Waals surface area contributed by atoms with Gasteiger partial charge in [-0.05, 0) is 31.6 Å². The highest BCUT2D eigenvalue weighted by atomic mass is 16.4. The van der Waals surface area contributed by atoms with Gasteiger partial charge in [-0.2, -0.15) is 0 Å². The van der Waals surface area contributed by atoms with Gasteiger partial charge in [-0.25, -0.2) is 9.59 Å². The summed E-state index contributed by atoms with van der Waals surface area (Å²) in [5, 5.41) is 15.1. The second kappa shape index (κ2) is 8.25. The second-order valence-electron chi connectivity index (χ2n) is 6.52. The number of hydrogen-bond donors (Lipinski definition) is 3. The first-order valence-electron chi connectivity index (χ1n) is 8.46. The molecule has 2 saturated carbocycles. The molecule has 0 bridgehead atoms. The van der Waals surface area contributed by atoms with E-state index in [0.29, 0.717) is 0 Å². The maximum absolute atomic E-state index is 12.1. The van der Waals surface area contributed by atoms with Gasteiger partial charge >= 0.3 is 12.0 Å². The molecule has 0 heterocycles. The Bertz CT molecular complexity index is 345. The Balaban J connectivity index is 1.83. The lowest BCUT2D eigenvalue weighted by atomic mass is 9.84. The van der Waals surface area contributed by atoms with E-state index in [1.54, 1.807) is 0 Å². The number of carbonyl (C=O) groups is 2. The molecule has 0 radical (unpaired) electrons. The van der Waals surface area contributed by atoms with Crippen LogP contribution in [0.1, 0.15) is 70.6 Å². The highest BCUT2D eigenvalue weighted by Gasteiger charge is 2.31. The van der Waals surface area contributed by atoms with Gasteiger partial charge < -0.3 is 15.7 Å². The number of amides is 2. The highest BCUT2D eigenvalue weighted by Crippen LogP contribution is 2.26. The summed E-state index contributed by atoms with van der Waals surface area (Å²) in [6.45, 7) is 0. The summed E-state index contributed by atoms with van der Waals surface area (Å²) in [4.78, 5) is 23.5. The molecule has 2 rings (SSSR count). The third-order valence-corrected chi connectivity index (χ3v) is 4.86. The van der Waals surface area contributed by atoms with Crippen LogP contribution in [0.5, 0.6) is 0 Å². The molecule has 5 nitrogen and oxygen atoms in total. The summed E-state index contributed by atoms with van der Waals surface area (Å²) < 4.78 is 0. The van der Waals surface area contributed by atoms with Crippen molar-refractivity contribution >= 4 is 12.0 Å². The Kier molecular flexibility index (Phi) is 6.33. The third-order valence-electron chi connectivity index (χ3n) is 4.86. The second-order valence-corrected chi connectivity index (χ2v) is 6.52. The van der Waals surface area contributed by atoms with Crippen molar-refractivity contribution < 1.29 is 14.7 Å². The molecule has 5 heteroatoms. The maximum atomic E-state index is 12.1. The lowest BCUT2D eigenvalue weighted by Gasteiger charge is -2.28. The molecule has 2 aliphatic rings. The summed E-state index contributed by atoms with van der Waals surface area (Å²) >= 11 is 0. The van der Waals surface area contributed by atoms with Crippen molar-refractivity contribution in [3.63, 3.8) is 0 Å². The Morgan fingerprint density at radius 2 is 1.38 bits per heavy atom. The van der Waals surface area contributed by atoms with Gasteiger partial charge in [0.2, 0.25) is 0 Å². The fraction of sp³-hybridized carbons (Fsp3) is 0.875. The first-order valence-corrected chi connectivity index (χ1v) is 8.46. The quantitative estimate of drug-likeness (QED) is 0.698. The Morgan fingerprint density at radius 3 is 1.95 bits per heavy atom. The maximum Gasteiger partial charge on any atom is 0.326 e. The lowest BCUT2D eigenvalue weighted by Crippen LogP contribution is -2.52. The standard InChI is InChI=1S/C16H28N2O3/c19-15(20)14(12-8-4-3-5-9-12)18-16(21)17-13-10-6-1-2-7-11-13/h12-14H,1-11H2,(H,19,20)(H2,17,18,21). The third kappa shape index (κ3) is 5.21. The molecule has 21 heavy (non-hydrogen) atoms. The van der Waals surface area contributed by atoms with Gasteiger partial charge in [-0.1, -0.05) is 44.9 Å². The minimum absolute atomic E-state index is 0.0798. The van der Waals surface area contributed by atoms with Crippen LogP contribution in [0.25, 0.3) is 0 Å². The predicted molar refractivity (Wildman–Crippen MR) is 81.2 cm³/mol. The van der Waals surface area contributed by atoms with E-state index in [2.05, 4.69) is 10.6 Å². The largest absolute Gasteiger partial charge is 0.480 e. The number of urea groups is 1. The zero-order chi connectivity index (χ0) is 15.1. The summed E-state index contributed by atoms with van der Waals surface area (Å²) in [7, 11) is 0. The number of nitrogens with one attached hydrogen (secondary N) is 2. The van der Waals surface area contributed by atoms with E-state index in [9.17, 15) is 14.7 Å². The first kappa shape index (κ1) is 16.1. The molecule has 2 amide bonds. The molecule has 0 aromatic heterocycles. The molecule has 0 spiro atoms. The summed E-state index contributed by atoms with van der Waals surface area (Å²) in [5.74, 6) is -0.825. The van der Waals surface area contributed by atoms with E-state index in [0.717, 1.165) is 51.4 Å². The van der Waals surface area contributed by atoms with Crippen LogP contribution in [-0.4, -0.2) is 29.2 Å². The minimum Gasteiger partial charge on any atom is -0.480 e. The molecule has 120 valence electrons. The van der Waals surface area contributed by atoms with E-state index in [-0.39, 0.29) is 18.0 Å². The Labute approximate surface area is 126 Å². The molecule has 1 unspecified atom stereocenters. The van der Waals surface area contributed by atoms with E-state index in [1.807, 2.05) is 0 Å². The molecule has 2 fully saturated rings. The van der Waals surface area contributed by atoms with Gasteiger partial charge in [-0.3, -0.25) is 0 Å². The summed E-state index contributed by atoms with van der Waals surface area (Å²) in [5.41, 5.74) is 0. The van der Waals surface area contributed by atoms with Crippen LogP contribution in [0.2, 0.25) is 0 Å². The van der Waals surface area contributed by atoms with E-state index in [4.69, 9.17) is 0 Å². The molecule has 3 N–H and O–H groups in total. The number of carboxylic acids is 1.